The molecule has 3 fully saturated rings. The van der Waals surface area contributed by atoms with E-state index in [4.69, 9.17) is 0 Å². The van der Waals surface area contributed by atoms with E-state index >= 15 is 0 Å². The highest BCUT2D eigenvalue weighted by Crippen LogP contribution is 2.90. The monoisotopic (exact) mass is 260 g/mol. The molecule has 4 atom stereocenters. The minimum Gasteiger partial charge on any atom is -0.298 e. The fourth-order valence-corrected chi connectivity index (χ4v) is 5.18. The van der Waals surface area contributed by atoms with Gasteiger partial charge in [0, 0.05) is 5.41 Å². The molecule has 18 heavy (non-hydrogen) atoms. The molecule has 1 spiro atoms. The summed E-state index contributed by atoms with van der Waals surface area (Å²) >= 11 is 0. The number of hydrogen-bond donors (Lipinski definition) is 0. The largest absolute Gasteiger partial charge is 0.450 e. The summed E-state index contributed by atoms with van der Waals surface area (Å²) in [4.78, 5) is 23.7. The topological polar surface area (TPSA) is 34.1 Å². The number of alkyl halides is 3. The summed E-state index contributed by atoms with van der Waals surface area (Å²) in [5.41, 5.74) is -1.37. The Balaban J connectivity index is 2.05. The van der Waals surface area contributed by atoms with Crippen LogP contribution in [0.5, 0.6) is 0 Å². The number of hydrogen-bond acceptors (Lipinski definition) is 2. The molecule has 0 saturated heterocycles. The summed E-state index contributed by atoms with van der Waals surface area (Å²) < 4.78 is 37.8. The SMILES string of the molecule is CC12CCC13C(C(C(=O)C(F)(F)F)C2=O)C3(C)C. The first-order valence-corrected chi connectivity index (χ1v) is 6.17. The van der Waals surface area contributed by atoms with Crippen LogP contribution in [0.3, 0.4) is 0 Å². The van der Waals surface area contributed by atoms with Crippen LogP contribution in [0.1, 0.15) is 33.6 Å². The van der Waals surface area contributed by atoms with Crippen molar-refractivity contribution in [1.29, 1.82) is 0 Å². The molecule has 0 radical (unpaired) electrons. The third kappa shape index (κ3) is 0.894. The van der Waals surface area contributed by atoms with Gasteiger partial charge in [-0.15, -0.1) is 0 Å². The van der Waals surface area contributed by atoms with Crippen LogP contribution in [-0.2, 0) is 9.59 Å². The van der Waals surface area contributed by atoms with Crippen molar-refractivity contribution in [2.45, 2.75) is 39.8 Å². The first-order valence-electron chi connectivity index (χ1n) is 6.17. The Morgan fingerprint density at radius 1 is 1.22 bits per heavy atom. The zero-order valence-electron chi connectivity index (χ0n) is 10.5. The highest BCUT2D eigenvalue weighted by atomic mass is 19.4. The minimum absolute atomic E-state index is 0.320. The van der Waals surface area contributed by atoms with Crippen molar-refractivity contribution in [1.82, 2.24) is 0 Å². The number of carbonyl (C=O) groups is 2. The zero-order chi connectivity index (χ0) is 13.7. The van der Waals surface area contributed by atoms with Gasteiger partial charge in [0.05, 0.1) is 5.92 Å². The van der Waals surface area contributed by atoms with Crippen LogP contribution in [0, 0.1) is 28.1 Å². The molecular weight excluding hydrogens is 245 g/mol. The van der Waals surface area contributed by atoms with Crippen molar-refractivity contribution >= 4 is 11.6 Å². The molecule has 0 aliphatic heterocycles. The van der Waals surface area contributed by atoms with Crippen molar-refractivity contribution in [2.75, 3.05) is 0 Å². The molecule has 0 amide bonds. The third-order valence-corrected chi connectivity index (χ3v) is 6.10. The molecule has 3 saturated carbocycles. The van der Waals surface area contributed by atoms with Gasteiger partial charge in [0.2, 0.25) is 5.78 Å². The van der Waals surface area contributed by atoms with Gasteiger partial charge < -0.3 is 0 Å². The summed E-state index contributed by atoms with van der Waals surface area (Å²) in [6.45, 7) is 5.51. The van der Waals surface area contributed by atoms with Gasteiger partial charge in [0.15, 0.2) is 0 Å². The van der Waals surface area contributed by atoms with Crippen molar-refractivity contribution in [2.24, 2.45) is 28.1 Å². The maximum Gasteiger partial charge on any atom is 0.450 e. The average Bonchev–Trinajstić information content (AvgIpc) is 2.69. The molecule has 0 aromatic heterocycles. The van der Waals surface area contributed by atoms with E-state index in [2.05, 4.69) is 0 Å². The third-order valence-electron chi connectivity index (χ3n) is 6.10. The van der Waals surface area contributed by atoms with Gasteiger partial charge in [-0.3, -0.25) is 9.59 Å². The fourth-order valence-electron chi connectivity index (χ4n) is 5.18. The molecule has 5 heteroatoms. The van der Waals surface area contributed by atoms with Crippen LogP contribution in [0.4, 0.5) is 13.2 Å². The molecule has 3 aliphatic rings. The fraction of sp³-hybridized carbons (Fsp3) is 0.846. The lowest BCUT2D eigenvalue weighted by Gasteiger charge is -2.47. The molecule has 2 nitrogen and oxygen atoms in total. The molecule has 0 bridgehead atoms. The summed E-state index contributed by atoms with van der Waals surface area (Å²) in [5, 5.41) is 0. The Morgan fingerprint density at radius 2 is 1.78 bits per heavy atom. The Bertz CT molecular complexity index is 471. The molecule has 0 aromatic carbocycles. The molecule has 3 rings (SSSR count). The lowest BCUT2D eigenvalue weighted by molar-refractivity contribution is -0.178. The quantitative estimate of drug-likeness (QED) is 0.679. The van der Waals surface area contributed by atoms with Crippen LogP contribution in [0.2, 0.25) is 0 Å². The molecule has 0 aromatic rings. The minimum atomic E-state index is -4.90. The van der Waals surface area contributed by atoms with Crippen LogP contribution < -0.4 is 0 Å². The first-order chi connectivity index (χ1) is 8.02. The zero-order valence-corrected chi connectivity index (χ0v) is 10.5. The molecule has 100 valence electrons. The summed E-state index contributed by atoms with van der Waals surface area (Å²) in [5.74, 6) is -4.17. The van der Waals surface area contributed by atoms with Gasteiger partial charge in [-0.05, 0) is 29.6 Å². The standard InChI is InChI=1S/C13H15F3O2/c1-10(2)7-6(9(18)13(14,15)16)8(17)11(3)4-5-12(7,10)11/h6-7H,4-5H2,1-3H3. The van der Waals surface area contributed by atoms with Gasteiger partial charge in [-0.1, -0.05) is 20.8 Å². The first kappa shape index (κ1) is 12.2. The second kappa shape index (κ2) is 2.68. The van der Waals surface area contributed by atoms with Gasteiger partial charge in [0.25, 0.3) is 0 Å². The Kier molecular flexibility index (Phi) is 1.81. The van der Waals surface area contributed by atoms with E-state index in [1.807, 2.05) is 13.8 Å². The van der Waals surface area contributed by atoms with E-state index in [1.165, 1.54) is 0 Å². The summed E-state index contributed by atoms with van der Waals surface area (Å²) in [6.07, 6.45) is -3.51. The predicted octanol–water partition coefficient (Wildman–Crippen LogP) is 2.76. The van der Waals surface area contributed by atoms with Crippen LogP contribution in [-0.4, -0.2) is 17.7 Å². The van der Waals surface area contributed by atoms with Crippen molar-refractivity contribution < 1.29 is 22.8 Å². The van der Waals surface area contributed by atoms with Gasteiger partial charge in [-0.25, -0.2) is 0 Å². The van der Waals surface area contributed by atoms with E-state index in [-0.39, 0.29) is 10.8 Å². The van der Waals surface area contributed by atoms with E-state index in [0.29, 0.717) is 6.42 Å². The summed E-state index contributed by atoms with van der Waals surface area (Å²) in [7, 11) is 0. The van der Waals surface area contributed by atoms with Gasteiger partial charge >= 0.3 is 6.18 Å². The van der Waals surface area contributed by atoms with E-state index in [0.717, 1.165) is 6.42 Å². The maximum absolute atomic E-state index is 12.6. The molecular formula is C13H15F3O2. The van der Waals surface area contributed by atoms with Gasteiger partial charge in [-0.2, -0.15) is 13.2 Å². The number of ketones is 2. The molecule has 4 unspecified atom stereocenters. The second-order valence-corrected chi connectivity index (χ2v) is 6.71. The number of halogens is 3. The predicted molar refractivity (Wildman–Crippen MR) is 56.6 cm³/mol. The normalized spacial score (nSPS) is 48.2. The second-order valence-electron chi connectivity index (χ2n) is 6.71. The average molecular weight is 260 g/mol. The van der Waals surface area contributed by atoms with E-state index < -0.39 is 35.0 Å². The van der Waals surface area contributed by atoms with Crippen LogP contribution in [0.15, 0.2) is 0 Å². The lowest BCUT2D eigenvalue weighted by Crippen LogP contribution is -2.49. The summed E-state index contributed by atoms with van der Waals surface area (Å²) in [6, 6.07) is 0. The van der Waals surface area contributed by atoms with Crippen molar-refractivity contribution in [3.8, 4) is 0 Å². The molecule has 0 heterocycles. The number of Topliss-reactive ketones (excluding diaryl/α,β-unsaturated/α-hetero) is 2. The van der Waals surface area contributed by atoms with Crippen LogP contribution >= 0.6 is 0 Å². The number of carbonyl (C=O) groups excluding carboxylic acids is 2. The lowest BCUT2D eigenvalue weighted by atomic mass is 9.55. The Morgan fingerprint density at radius 3 is 2.11 bits per heavy atom. The van der Waals surface area contributed by atoms with Crippen LogP contribution in [0.25, 0.3) is 0 Å². The molecule has 0 N–H and O–H groups in total. The van der Waals surface area contributed by atoms with E-state index in [1.54, 1.807) is 6.92 Å². The van der Waals surface area contributed by atoms with Crippen molar-refractivity contribution in [3.63, 3.8) is 0 Å². The van der Waals surface area contributed by atoms with E-state index in [9.17, 15) is 22.8 Å². The Hall–Kier alpha value is -0.870. The number of rotatable bonds is 1. The smallest absolute Gasteiger partial charge is 0.298 e. The van der Waals surface area contributed by atoms with Crippen molar-refractivity contribution in [3.05, 3.63) is 0 Å². The van der Waals surface area contributed by atoms with Gasteiger partial charge in [0.1, 0.15) is 5.78 Å². The maximum atomic E-state index is 12.6. The molecule has 3 aliphatic carbocycles. The Labute approximate surface area is 103 Å². The highest BCUT2D eigenvalue weighted by Gasteiger charge is 2.91. The highest BCUT2D eigenvalue weighted by molar-refractivity contribution is 6.11.